The van der Waals surface area contributed by atoms with Crippen LogP contribution in [0.4, 0.5) is 5.69 Å². The van der Waals surface area contributed by atoms with Gasteiger partial charge in [0, 0.05) is 12.6 Å². The van der Waals surface area contributed by atoms with E-state index in [-0.39, 0.29) is 24.7 Å². The van der Waals surface area contributed by atoms with Crippen LogP contribution < -0.4 is 15.4 Å². The fourth-order valence-corrected chi connectivity index (χ4v) is 2.43. The molecule has 3 N–H and O–H groups in total. The maximum atomic E-state index is 11.3. The second-order valence-electron chi connectivity index (χ2n) is 6.01. The molecule has 0 bridgehead atoms. The number of carbonyl (C=O) groups is 1. The van der Waals surface area contributed by atoms with E-state index in [2.05, 4.69) is 24.5 Å². The van der Waals surface area contributed by atoms with Crippen LogP contribution >= 0.6 is 0 Å². The summed E-state index contributed by atoms with van der Waals surface area (Å²) in [7, 11) is 0. The Morgan fingerprint density at radius 3 is 2.86 bits per heavy atom. The molecule has 5 heteroatoms. The second kappa shape index (κ2) is 6.91. The molecule has 2 atom stereocenters. The molecule has 2 rings (SSSR count). The molecule has 1 aromatic carbocycles. The first-order valence-electron chi connectivity index (χ1n) is 7.43. The summed E-state index contributed by atoms with van der Waals surface area (Å²) in [5.41, 5.74) is 1.76. The van der Waals surface area contributed by atoms with E-state index >= 15 is 0 Å². The lowest BCUT2D eigenvalue weighted by Crippen LogP contribution is -2.30. The van der Waals surface area contributed by atoms with Crippen molar-refractivity contribution in [1.29, 1.82) is 0 Å². The third-order valence-corrected chi connectivity index (χ3v) is 3.54. The van der Waals surface area contributed by atoms with Crippen molar-refractivity contribution >= 4 is 11.6 Å². The molecular formula is C16H24N2O3. The summed E-state index contributed by atoms with van der Waals surface area (Å²) < 4.78 is 5.34. The number of aliphatic hydroxyl groups excluding tert-OH is 1. The number of carbonyl (C=O) groups excluding carboxylic acids is 1. The van der Waals surface area contributed by atoms with Gasteiger partial charge in [-0.25, -0.2) is 0 Å². The minimum Gasteiger partial charge on any atom is -0.482 e. The first-order chi connectivity index (χ1) is 9.95. The fourth-order valence-electron chi connectivity index (χ4n) is 2.43. The highest BCUT2D eigenvalue weighted by Crippen LogP contribution is 2.30. The van der Waals surface area contributed by atoms with Gasteiger partial charge in [-0.2, -0.15) is 0 Å². The van der Waals surface area contributed by atoms with Gasteiger partial charge >= 0.3 is 0 Å². The lowest BCUT2D eigenvalue weighted by Gasteiger charge is -2.22. The van der Waals surface area contributed by atoms with Crippen LogP contribution in [0.3, 0.4) is 0 Å². The molecule has 2 unspecified atom stereocenters. The highest BCUT2D eigenvalue weighted by molar-refractivity contribution is 5.95. The molecule has 1 heterocycles. The Hall–Kier alpha value is -1.59. The van der Waals surface area contributed by atoms with Crippen LogP contribution in [-0.4, -0.2) is 30.3 Å². The highest BCUT2D eigenvalue weighted by Gasteiger charge is 2.17. The van der Waals surface area contributed by atoms with E-state index in [4.69, 9.17) is 4.74 Å². The average Bonchev–Trinajstić information content (AvgIpc) is 2.43. The third kappa shape index (κ3) is 4.44. The zero-order valence-corrected chi connectivity index (χ0v) is 12.8. The van der Waals surface area contributed by atoms with Crippen molar-refractivity contribution in [1.82, 2.24) is 5.32 Å². The Morgan fingerprint density at radius 2 is 2.14 bits per heavy atom. The van der Waals surface area contributed by atoms with E-state index < -0.39 is 0 Å². The quantitative estimate of drug-likeness (QED) is 0.750. The van der Waals surface area contributed by atoms with Gasteiger partial charge in [0.05, 0.1) is 11.8 Å². The van der Waals surface area contributed by atoms with Crippen LogP contribution in [0.25, 0.3) is 0 Å². The number of hydrogen-bond donors (Lipinski definition) is 3. The van der Waals surface area contributed by atoms with Crippen molar-refractivity contribution < 1.29 is 14.6 Å². The zero-order chi connectivity index (χ0) is 15.4. The molecular weight excluding hydrogens is 268 g/mol. The summed E-state index contributed by atoms with van der Waals surface area (Å²) in [5.74, 6) is 1.05. The van der Waals surface area contributed by atoms with Gasteiger partial charge in [0.2, 0.25) is 0 Å². The van der Waals surface area contributed by atoms with Gasteiger partial charge in [-0.15, -0.1) is 0 Å². The van der Waals surface area contributed by atoms with Gasteiger partial charge in [0.15, 0.2) is 6.61 Å². The minimum atomic E-state index is -0.340. The summed E-state index contributed by atoms with van der Waals surface area (Å²) in [5, 5.41) is 16.0. The van der Waals surface area contributed by atoms with Crippen molar-refractivity contribution in [2.24, 2.45) is 5.92 Å². The van der Waals surface area contributed by atoms with Gasteiger partial charge in [-0.3, -0.25) is 4.79 Å². The van der Waals surface area contributed by atoms with Crippen molar-refractivity contribution in [3.05, 3.63) is 23.8 Å². The van der Waals surface area contributed by atoms with Gasteiger partial charge < -0.3 is 20.5 Å². The normalized spacial score (nSPS) is 16.9. The second-order valence-corrected chi connectivity index (χ2v) is 6.01. The first-order valence-corrected chi connectivity index (χ1v) is 7.43. The summed E-state index contributed by atoms with van der Waals surface area (Å²) in [4.78, 5) is 11.3. The molecule has 0 saturated carbocycles. The molecule has 1 aliphatic heterocycles. The Morgan fingerprint density at radius 1 is 1.38 bits per heavy atom. The monoisotopic (exact) mass is 292 g/mol. The SMILES string of the molecule is CC(C)CC(O)CNC(C)c1ccc2c(c1)NC(=O)CO2. The Bertz CT molecular complexity index is 502. The zero-order valence-electron chi connectivity index (χ0n) is 12.8. The van der Waals surface area contributed by atoms with Gasteiger partial charge in [0.25, 0.3) is 5.91 Å². The maximum Gasteiger partial charge on any atom is 0.262 e. The lowest BCUT2D eigenvalue weighted by molar-refractivity contribution is -0.118. The van der Waals surface area contributed by atoms with E-state index in [1.165, 1.54) is 0 Å². The predicted octanol–water partition coefficient (Wildman–Crippen LogP) is 2.08. The summed E-state index contributed by atoms with van der Waals surface area (Å²) in [6.45, 7) is 6.85. The van der Waals surface area contributed by atoms with Crippen molar-refractivity contribution in [3.8, 4) is 5.75 Å². The minimum absolute atomic E-state index is 0.0710. The van der Waals surface area contributed by atoms with Crippen LogP contribution in [0.15, 0.2) is 18.2 Å². The van der Waals surface area contributed by atoms with Crippen LogP contribution in [0, 0.1) is 5.92 Å². The Labute approximate surface area is 125 Å². The van der Waals surface area contributed by atoms with Crippen LogP contribution in [0.1, 0.15) is 38.8 Å². The maximum absolute atomic E-state index is 11.3. The summed E-state index contributed by atoms with van der Waals surface area (Å²) >= 11 is 0. The first kappa shape index (κ1) is 15.8. The molecule has 0 radical (unpaired) electrons. The van der Waals surface area contributed by atoms with Crippen LogP contribution in [0.2, 0.25) is 0 Å². The molecule has 0 saturated heterocycles. The number of amides is 1. The number of benzene rings is 1. The van der Waals surface area contributed by atoms with E-state index in [0.29, 0.717) is 23.9 Å². The summed E-state index contributed by atoms with van der Waals surface area (Å²) in [6.07, 6.45) is 0.446. The lowest BCUT2D eigenvalue weighted by atomic mass is 10.0. The van der Waals surface area contributed by atoms with Gasteiger partial charge in [0.1, 0.15) is 5.75 Å². The number of ether oxygens (including phenoxy) is 1. The number of fused-ring (bicyclic) bond motifs is 1. The highest BCUT2D eigenvalue weighted by atomic mass is 16.5. The summed E-state index contributed by atoms with van der Waals surface area (Å²) in [6, 6.07) is 5.85. The molecule has 1 aromatic rings. The fraction of sp³-hybridized carbons (Fsp3) is 0.562. The molecule has 1 amide bonds. The van der Waals surface area contributed by atoms with E-state index in [1.54, 1.807) is 0 Å². The molecule has 116 valence electrons. The number of aliphatic hydroxyl groups is 1. The number of hydrogen-bond acceptors (Lipinski definition) is 4. The topological polar surface area (TPSA) is 70.6 Å². The Kier molecular flexibility index (Phi) is 5.20. The van der Waals surface area contributed by atoms with Crippen LogP contribution in [0.5, 0.6) is 5.75 Å². The molecule has 0 fully saturated rings. The predicted molar refractivity (Wildman–Crippen MR) is 82.4 cm³/mol. The van der Waals surface area contributed by atoms with Gasteiger partial charge in [-0.1, -0.05) is 19.9 Å². The molecule has 0 aliphatic carbocycles. The number of nitrogens with one attached hydrogen (secondary N) is 2. The average molecular weight is 292 g/mol. The number of rotatable bonds is 6. The Balaban J connectivity index is 1.95. The smallest absolute Gasteiger partial charge is 0.262 e. The van der Waals surface area contributed by atoms with Gasteiger partial charge in [-0.05, 0) is 37.0 Å². The molecule has 0 spiro atoms. The van der Waals surface area contributed by atoms with E-state index in [0.717, 1.165) is 12.0 Å². The standard InChI is InChI=1S/C16H24N2O3/c1-10(2)6-13(19)8-17-11(3)12-4-5-15-14(7-12)18-16(20)9-21-15/h4-5,7,10-11,13,17,19H,6,8-9H2,1-3H3,(H,18,20). The molecule has 1 aliphatic rings. The van der Waals surface area contributed by atoms with Crippen LogP contribution in [-0.2, 0) is 4.79 Å². The number of anilines is 1. The molecule has 5 nitrogen and oxygen atoms in total. The molecule has 0 aromatic heterocycles. The van der Waals surface area contributed by atoms with Crippen molar-refractivity contribution in [3.63, 3.8) is 0 Å². The third-order valence-electron chi connectivity index (χ3n) is 3.54. The molecule has 21 heavy (non-hydrogen) atoms. The largest absolute Gasteiger partial charge is 0.482 e. The van der Waals surface area contributed by atoms with E-state index in [1.807, 2.05) is 25.1 Å². The van der Waals surface area contributed by atoms with E-state index in [9.17, 15) is 9.90 Å². The van der Waals surface area contributed by atoms with Crippen molar-refractivity contribution in [2.45, 2.75) is 39.3 Å². The van der Waals surface area contributed by atoms with Crippen molar-refractivity contribution in [2.75, 3.05) is 18.5 Å².